The molecule has 6 nitrogen and oxygen atoms in total. The predicted octanol–water partition coefficient (Wildman–Crippen LogP) is 2.36. The van der Waals surface area contributed by atoms with E-state index in [1.165, 1.54) is 12.1 Å². The molecule has 1 aromatic rings. The van der Waals surface area contributed by atoms with E-state index in [0.717, 1.165) is 0 Å². The van der Waals surface area contributed by atoms with E-state index in [-0.39, 0.29) is 30.9 Å². The van der Waals surface area contributed by atoms with Crippen molar-refractivity contribution in [3.63, 3.8) is 0 Å². The lowest BCUT2D eigenvalue weighted by Crippen LogP contribution is -2.29. The van der Waals surface area contributed by atoms with E-state index in [0.29, 0.717) is 0 Å². The van der Waals surface area contributed by atoms with Crippen molar-refractivity contribution >= 4 is 17.9 Å². The summed E-state index contributed by atoms with van der Waals surface area (Å²) in [5.74, 6) is -2.62. The van der Waals surface area contributed by atoms with Crippen molar-refractivity contribution in [2.75, 3.05) is 13.2 Å². The van der Waals surface area contributed by atoms with Crippen molar-refractivity contribution in [2.24, 2.45) is 5.92 Å². The summed E-state index contributed by atoms with van der Waals surface area (Å²) < 4.78 is 14.9. The minimum atomic E-state index is -0.980. The Morgan fingerprint density at radius 2 is 1.68 bits per heavy atom. The fourth-order valence-electron chi connectivity index (χ4n) is 1.76. The molecule has 6 heteroatoms. The number of esters is 3. The average molecular weight is 308 g/mol. The highest BCUT2D eigenvalue weighted by Crippen LogP contribution is 2.17. The number of carbonyl (C=O) groups is 3. The van der Waals surface area contributed by atoms with Crippen LogP contribution in [-0.2, 0) is 19.1 Å². The number of ether oxygens (including phenoxy) is 3. The first-order valence-corrected chi connectivity index (χ1v) is 7.18. The second kappa shape index (κ2) is 8.81. The van der Waals surface area contributed by atoms with Crippen molar-refractivity contribution in [3.8, 4) is 5.75 Å². The molecule has 0 aliphatic carbocycles. The molecule has 0 saturated carbocycles. The van der Waals surface area contributed by atoms with Gasteiger partial charge in [0.1, 0.15) is 5.75 Å². The van der Waals surface area contributed by atoms with Gasteiger partial charge in [-0.2, -0.15) is 0 Å². The molecule has 22 heavy (non-hydrogen) atoms. The highest BCUT2D eigenvalue weighted by molar-refractivity contribution is 5.96. The van der Waals surface area contributed by atoms with Crippen LogP contribution in [0.1, 0.15) is 37.6 Å². The van der Waals surface area contributed by atoms with Gasteiger partial charge >= 0.3 is 17.9 Å². The number of hydrogen-bond acceptors (Lipinski definition) is 6. The molecule has 0 aromatic heterocycles. The number of rotatable bonds is 7. The van der Waals surface area contributed by atoms with Crippen LogP contribution in [-0.4, -0.2) is 31.1 Å². The maximum atomic E-state index is 12.0. The Balaban J connectivity index is 2.81. The fourth-order valence-corrected chi connectivity index (χ4v) is 1.76. The lowest BCUT2D eigenvalue weighted by molar-refractivity contribution is -0.157. The second-order valence-corrected chi connectivity index (χ2v) is 4.38. The van der Waals surface area contributed by atoms with Gasteiger partial charge in [0.15, 0.2) is 5.92 Å². The second-order valence-electron chi connectivity index (χ2n) is 4.38. The molecule has 0 N–H and O–H groups in total. The zero-order valence-corrected chi connectivity index (χ0v) is 13.0. The van der Waals surface area contributed by atoms with Crippen molar-refractivity contribution in [3.05, 3.63) is 29.8 Å². The lowest BCUT2D eigenvalue weighted by atomic mass is 10.1. The van der Waals surface area contributed by atoms with E-state index in [2.05, 4.69) is 0 Å². The van der Waals surface area contributed by atoms with Gasteiger partial charge in [-0.3, -0.25) is 9.59 Å². The molecular weight excluding hydrogens is 288 g/mol. The number of hydrogen-bond donors (Lipinski definition) is 0. The van der Waals surface area contributed by atoms with Crippen LogP contribution in [0.3, 0.4) is 0 Å². The molecule has 0 saturated heterocycles. The largest absolute Gasteiger partial charge is 0.465 e. The molecule has 1 atom stereocenters. The summed E-state index contributed by atoms with van der Waals surface area (Å²) in [6.45, 7) is 5.51. The molecule has 120 valence electrons. The average Bonchev–Trinajstić information content (AvgIpc) is 2.48. The highest BCUT2D eigenvalue weighted by atomic mass is 16.6. The maximum absolute atomic E-state index is 12.0. The number of benzene rings is 1. The molecule has 0 aliphatic rings. The summed E-state index contributed by atoms with van der Waals surface area (Å²) in [6, 6.07) is 6.05. The molecule has 0 heterocycles. The summed E-state index contributed by atoms with van der Waals surface area (Å²) >= 11 is 0. The van der Waals surface area contributed by atoms with Crippen LogP contribution in [0.4, 0.5) is 0 Å². The van der Waals surface area contributed by atoms with Crippen molar-refractivity contribution in [2.45, 2.75) is 27.2 Å². The zero-order valence-electron chi connectivity index (χ0n) is 13.0. The minimum absolute atomic E-state index is 0.179. The molecule has 0 fully saturated rings. The van der Waals surface area contributed by atoms with Crippen LogP contribution in [0.5, 0.6) is 5.75 Å². The summed E-state index contributed by atoms with van der Waals surface area (Å²) in [4.78, 5) is 35.3. The quantitative estimate of drug-likeness (QED) is 0.437. The summed E-state index contributed by atoms with van der Waals surface area (Å²) in [7, 11) is 0. The van der Waals surface area contributed by atoms with Crippen molar-refractivity contribution < 1.29 is 28.6 Å². The van der Waals surface area contributed by atoms with Gasteiger partial charge in [-0.15, -0.1) is 0 Å². The van der Waals surface area contributed by atoms with E-state index in [1.807, 2.05) is 0 Å². The van der Waals surface area contributed by atoms with Crippen LogP contribution in [0, 0.1) is 5.92 Å². The van der Waals surface area contributed by atoms with Crippen molar-refractivity contribution in [1.82, 2.24) is 0 Å². The van der Waals surface area contributed by atoms with Gasteiger partial charge in [-0.1, -0.05) is 13.0 Å². The predicted molar refractivity (Wildman–Crippen MR) is 78.4 cm³/mol. The molecule has 0 aliphatic heterocycles. The van der Waals surface area contributed by atoms with Gasteiger partial charge < -0.3 is 14.2 Å². The molecular formula is C16H20O6. The Labute approximate surface area is 129 Å². The van der Waals surface area contributed by atoms with E-state index in [9.17, 15) is 14.4 Å². The SMILES string of the molecule is CCOC(=O)c1cccc(OC(=O)C(CC)C(=O)OCC)c1. The Hall–Kier alpha value is -2.37. The summed E-state index contributed by atoms with van der Waals surface area (Å²) in [6.07, 6.45) is 0.273. The first kappa shape index (κ1) is 17.7. The highest BCUT2D eigenvalue weighted by Gasteiger charge is 2.28. The van der Waals surface area contributed by atoms with Gasteiger partial charge in [-0.25, -0.2) is 4.79 Å². The van der Waals surface area contributed by atoms with E-state index >= 15 is 0 Å². The topological polar surface area (TPSA) is 78.9 Å². The third-order valence-corrected chi connectivity index (χ3v) is 2.83. The Bertz CT molecular complexity index is 537. The minimum Gasteiger partial charge on any atom is -0.465 e. The van der Waals surface area contributed by atoms with Gasteiger partial charge in [0.05, 0.1) is 18.8 Å². The molecule has 1 aromatic carbocycles. The smallest absolute Gasteiger partial charge is 0.338 e. The van der Waals surface area contributed by atoms with Gasteiger partial charge in [0.25, 0.3) is 0 Å². The van der Waals surface area contributed by atoms with Crippen LogP contribution in [0.25, 0.3) is 0 Å². The molecule has 0 amide bonds. The van der Waals surface area contributed by atoms with Crippen LogP contribution in [0.15, 0.2) is 24.3 Å². The Kier molecular flexibility index (Phi) is 7.08. The zero-order chi connectivity index (χ0) is 16.5. The lowest BCUT2D eigenvalue weighted by Gasteiger charge is -2.13. The third-order valence-electron chi connectivity index (χ3n) is 2.83. The van der Waals surface area contributed by atoms with E-state index in [4.69, 9.17) is 14.2 Å². The Morgan fingerprint density at radius 1 is 1.00 bits per heavy atom. The van der Waals surface area contributed by atoms with Gasteiger partial charge in [-0.05, 0) is 38.5 Å². The molecule has 0 spiro atoms. The van der Waals surface area contributed by atoms with E-state index < -0.39 is 23.8 Å². The first-order valence-electron chi connectivity index (χ1n) is 7.18. The summed E-state index contributed by atoms with van der Waals surface area (Å²) in [5.41, 5.74) is 0.274. The molecule has 0 radical (unpaired) electrons. The van der Waals surface area contributed by atoms with Gasteiger partial charge in [0, 0.05) is 0 Å². The number of carbonyl (C=O) groups excluding carboxylic acids is 3. The molecule has 0 bridgehead atoms. The molecule has 1 rings (SSSR count). The van der Waals surface area contributed by atoms with Crippen LogP contribution < -0.4 is 4.74 Å². The third kappa shape index (κ3) is 4.87. The van der Waals surface area contributed by atoms with Crippen LogP contribution in [0.2, 0.25) is 0 Å². The normalized spacial score (nSPS) is 11.4. The summed E-state index contributed by atoms with van der Waals surface area (Å²) in [5, 5.41) is 0. The first-order chi connectivity index (χ1) is 10.5. The van der Waals surface area contributed by atoms with E-state index in [1.54, 1.807) is 32.9 Å². The maximum Gasteiger partial charge on any atom is 0.338 e. The molecule has 1 unspecified atom stereocenters. The van der Waals surface area contributed by atoms with Crippen LogP contribution >= 0.6 is 0 Å². The standard InChI is InChI=1S/C16H20O6/c1-4-13(15(18)21-6-3)16(19)22-12-9-7-8-11(10-12)14(17)20-5-2/h7-10,13H,4-6H2,1-3H3. The monoisotopic (exact) mass is 308 g/mol. The van der Waals surface area contributed by atoms with Gasteiger partial charge in [0.2, 0.25) is 0 Å². The fraction of sp³-hybridized carbons (Fsp3) is 0.438. The Morgan fingerprint density at radius 3 is 2.27 bits per heavy atom. The van der Waals surface area contributed by atoms with Crippen molar-refractivity contribution in [1.29, 1.82) is 0 Å².